The first-order valence-corrected chi connectivity index (χ1v) is 5.95. The van der Waals surface area contributed by atoms with Crippen LogP contribution in [0.1, 0.15) is 12.8 Å². The molecule has 1 fully saturated rings. The van der Waals surface area contributed by atoms with Crippen molar-refractivity contribution in [1.82, 2.24) is 5.32 Å². The predicted molar refractivity (Wildman–Crippen MR) is 67.5 cm³/mol. The van der Waals surface area contributed by atoms with Crippen molar-refractivity contribution in [2.75, 3.05) is 18.5 Å². The standard InChI is InChI=1S/C13H15FN2O3/c1-16(10-4-2-3-9(14)7-10)12(19)15-8-13(5-6-13)11(17)18/h2-4,7H,5-6,8H2,1H3,(H,15,19)(H,17,18). The van der Waals surface area contributed by atoms with Gasteiger partial charge >= 0.3 is 12.0 Å². The molecule has 1 saturated carbocycles. The molecule has 0 unspecified atom stereocenters. The Morgan fingerprint density at radius 1 is 1.47 bits per heavy atom. The van der Waals surface area contributed by atoms with Crippen molar-refractivity contribution < 1.29 is 19.1 Å². The molecule has 5 nitrogen and oxygen atoms in total. The molecule has 6 heteroatoms. The second-order valence-corrected chi connectivity index (χ2v) is 4.78. The van der Waals surface area contributed by atoms with Gasteiger partial charge in [-0.2, -0.15) is 0 Å². The van der Waals surface area contributed by atoms with Crippen LogP contribution in [0.4, 0.5) is 14.9 Å². The number of urea groups is 1. The van der Waals surface area contributed by atoms with Gasteiger partial charge in [-0.3, -0.25) is 9.69 Å². The van der Waals surface area contributed by atoms with E-state index in [1.807, 2.05) is 0 Å². The molecule has 1 aromatic rings. The Balaban J connectivity index is 1.95. The van der Waals surface area contributed by atoms with E-state index < -0.39 is 23.2 Å². The Morgan fingerprint density at radius 3 is 2.68 bits per heavy atom. The second-order valence-electron chi connectivity index (χ2n) is 4.78. The highest BCUT2D eigenvalue weighted by Crippen LogP contribution is 2.45. The van der Waals surface area contributed by atoms with Crippen LogP contribution in [0, 0.1) is 11.2 Å². The smallest absolute Gasteiger partial charge is 0.321 e. The van der Waals surface area contributed by atoms with E-state index in [-0.39, 0.29) is 6.54 Å². The maximum Gasteiger partial charge on any atom is 0.321 e. The summed E-state index contributed by atoms with van der Waals surface area (Å²) < 4.78 is 13.0. The SMILES string of the molecule is CN(C(=O)NCC1(C(=O)O)CC1)c1cccc(F)c1. The highest BCUT2D eigenvalue weighted by Gasteiger charge is 2.50. The molecule has 0 heterocycles. The number of aliphatic carboxylic acids is 1. The number of carboxylic acids is 1. The summed E-state index contributed by atoms with van der Waals surface area (Å²) >= 11 is 0. The third-order valence-electron chi connectivity index (χ3n) is 3.39. The number of amides is 2. The minimum absolute atomic E-state index is 0.0980. The highest BCUT2D eigenvalue weighted by molar-refractivity contribution is 5.92. The Hall–Kier alpha value is -2.11. The number of anilines is 1. The van der Waals surface area contributed by atoms with E-state index in [1.165, 1.54) is 30.1 Å². The summed E-state index contributed by atoms with van der Waals surface area (Å²) in [7, 11) is 1.50. The average Bonchev–Trinajstić information content (AvgIpc) is 3.16. The quantitative estimate of drug-likeness (QED) is 0.873. The van der Waals surface area contributed by atoms with Crippen LogP contribution in [0.2, 0.25) is 0 Å². The summed E-state index contributed by atoms with van der Waals surface area (Å²) in [5.41, 5.74) is -0.393. The molecule has 19 heavy (non-hydrogen) atoms. The number of halogens is 1. The normalized spacial score (nSPS) is 15.7. The van der Waals surface area contributed by atoms with Crippen molar-refractivity contribution in [3.05, 3.63) is 30.1 Å². The predicted octanol–water partition coefficient (Wildman–Crippen LogP) is 1.84. The number of hydrogen-bond donors (Lipinski definition) is 2. The number of carbonyl (C=O) groups excluding carboxylic acids is 1. The molecule has 1 aliphatic rings. The Bertz CT molecular complexity index is 514. The van der Waals surface area contributed by atoms with Gasteiger partial charge in [-0.15, -0.1) is 0 Å². The summed E-state index contributed by atoms with van der Waals surface area (Å²) in [5, 5.41) is 11.6. The van der Waals surface area contributed by atoms with Gasteiger partial charge in [-0.25, -0.2) is 9.18 Å². The molecule has 0 aliphatic heterocycles. The second kappa shape index (κ2) is 4.87. The largest absolute Gasteiger partial charge is 0.481 e. The van der Waals surface area contributed by atoms with Crippen LogP contribution < -0.4 is 10.2 Å². The number of carboxylic acid groups (broad SMARTS) is 1. The summed E-state index contributed by atoms with van der Waals surface area (Å²) in [4.78, 5) is 24.1. The zero-order chi connectivity index (χ0) is 14.0. The molecule has 0 radical (unpaired) electrons. The van der Waals surface area contributed by atoms with Gasteiger partial charge in [0.15, 0.2) is 0 Å². The topological polar surface area (TPSA) is 69.6 Å². The van der Waals surface area contributed by atoms with Crippen LogP contribution in [0.5, 0.6) is 0 Å². The van der Waals surface area contributed by atoms with Crippen LogP contribution in [-0.2, 0) is 4.79 Å². The van der Waals surface area contributed by atoms with Gasteiger partial charge in [0.25, 0.3) is 0 Å². The van der Waals surface area contributed by atoms with E-state index in [4.69, 9.17) is 5.11 Å². The number of carbonyl (C=O) groups is 2. The van der Waals surface area contributed by atoms with Crippen LogP contribution in [0.3, 0.4) is 0 Å². The maximum absolute atomic E-state index is 13.0. The van der Waals surface area contributed by atoms with E-state index in [2.05, 4.69) is 5.32 Å². The average molecular weight is 266 g/mol. The van der Waals surface area contributed by atoms with E-state index in [1.54, 1.807) is 6.07 Å². The first-order chi connectivity index (χ1) is 8.94. The summed E-state index contributed by atoms with van der Waals surface area (Å²) in [6, 6.07) is 5.20. The zero-order valence-corrected chi connectivity index (χ0v) is 10.5. The lowest BCUT2D eigenvalue weighted by Gasteiger charge is -2.19. The fourth-order valence-corrected chi connectivity index (χ4v) is 1.78. The molecule has 2 amide bonds. The fraction of sp³-hybridized carbons (Fsp3) is 0.385. The molecule has 1 aliphatic carbocycles. The molecule has 2 N–H and O–H groups in total. The van der Waals surface area contributed by atoms with Crippen LogP contribution >= 0.6 is 0 Å². The molecule has 2 rings (SSSR count). The number of benzene rings is 1. The van der Waals surface area contributed by atoms with Crippen LogP contribution in [0.15, 0.2) is 24.3 Å². The van der Waals surface area contributed by atoms with Crippen molar-refractivity contribution in [2.24, 2.45) is 5.41 Å². The molecule has 0 bridgehead atoms. The van der Waals surface area contributed by atoms with Gasteiger partial charge in [0.1, 0.15) is 5.82 Å². The molecule has 1 aromatic carbocycles. The first kappa shape index (κ1) is 13.3. The third-order valence-corrected chi connectivity index (χ3v) is 3.39. The van der Waals surface area contributed by atoms with Gasteiger partial charge in [0.05, 0.1) is 5.41 Å². The van der Waals surface area contributed by atoms with Crippen molar-refractivity contribution in [3.8, 4) is 0 Å². The minimum Gasteiger partial charge on any atom is -0.481 e. The Kier molecular flexibility index (Phi) is 3.42. The van der Waals surface area contributed by atoms with E-state index in [0.717, 1.165) is 0 Å². The number of hydrogen-bond acceptors (Lipinski definition) is 2. The lowest BCUT2D eigenvalue weighted by Crippen LogP contribution is -2.41. The van der Waals surface area contributed by atoms with Crippen LogP contribution in [-0.4, -0.2) is 30.7 Å². The van der Waals surface area contributed by atoms with Crippen molar-refractivity contribution in [2.45, 2.75) is 12.8 Å². The van der Waals surface area contributed by atoms with Gasteiger partial charge in [0, 0.05) is 19.3 Å². The van der Waals surface area contributed by atoms with Gasteiger partial charge in [0.2, 0.25) is 0 Å². The first-order valence-electron chi connectivity index (χ1n) is 5.95. The molecular weight excluding hydrogens is 251 g/mol. The lowest BCUT2D eigenvalue weighted by atomic mass is 10.1. The fourth-order valence-electron chi connectivity index (χ4n) is 1.78. The Morgan fingerprint density at radius 2 is 2.16 bits per heavy atom. The van der Waals surface area contributed by atoms with Gasteiger partial charge in [-0.05, 0) is 31.0 Å². The van der Waals surface area contributed by atoms with Crippen molar-refractivity contribution in [3.63, 3.8) is 0 Å². The van der Waals surface area contributed by atoms with E-state index >= 15 is 0 Å². The molecule has 0 saturated heterocycles. The molecular formula is C13H15FN2O3. The van der Waals surface area contributed by atoms with Gasteiger partial charge in [-0.1, -0.05) is 6.07 Å². The lowest BCUT2D eigenvalue weighted by molar-refractivity contribution is -0.143. The number of nitrogens with one attached hydrogen (secondary N) is 1. The van der Waals surface area contributed by atoms with E-state index in [0.29, 0.717) is 18.5 Å². The highest BCUT2D eigenvalue weighted by atomic mass is 19.1. The Labute approximate surface area is 110 Å². The molecule has 102 valence electrons. The van der Waals surface area contributed by atoms with Crippen molar-refractivity contribution >= 4 is 17.7 Å². The molecule has 0 aromatic heterocycles. The zero-order valence-electron chi connectivity index (χ0n) is 10.5. The number of rotatable bonds is 4. The van der Waals surface area contributed by atoms with Gasteiger partial charge < -0.3 is 10.4 Å². The summed E-state index contributed by atoms with van der Waals surface area (Å²) in [6.07, 6.45) is 1.15. The minimum atomic E-state index is -0.888. The van der Waals surface area contributed by atoms with Crippen LogP contribution in [0.25, 0.3) is 0 Å². The summed E-state index contributed by atoms with van der Waals surface area (Å²) in [6.45, 7) is 0.0980. The maximum atomic E-state index is 13.0. The monoisotopic (exact) mass is 266 g/mol. The summed E-state index contributed by atoms with van der Waals surface area (Å²) in [5.74, 6) is -1.32. The van der Waals surface area contributed by atoms with E-state index in [9.17, 15) is 14.0 Å². The van der Waals surface area contributed by atoms with Crippen molar-refractivity contribution in [1.29, 1.82) is 0 Å². The molecule has 0 atom stereocenters. The molecule has 0 spiro atoms. The number of nitrogens with zero attached hydrogens (tertiary/aromatic N) is 1. The third kappa shape index (κ3) is 2.83.